The van der Waals surface area contributed by atoms with Gasteiger partial charge in [0.1, 0.15) is 5.75 Å². The molecule has 0 radical (unpaired) electrons. The van der Waals surface area contributed by atoms with E-state index in [-0.39, 0.29) is 5.56 Å². The largest absolute Gasteiger partial charge is 0.495 e. The Balaban J connectivity index is 1.43. The molecule has 4 N–H and O–H groups in total. The fourth-order valence-electron chi connectivity index (χ4n) is 5.08. The Labute approximate surface area is 264 Å². The van der Waals surface area contributed by atoms with E-state index >= 15 is 0 Å². The summed E-state index contributed by atoms with van der Waals surface area (Å²) in [6.45, 7) is 3.27. The van der Waals surface area contributed by atoms with Crippen LogP contribution in [-0.2, 0) is 0 Å². The molecule has 0 aliphatic carbocycles. The number of ether oxygens (including phenoxy) is 1. The van der Waals surface area contributed by atoms with Crippen molar-refractivity contribution in [3.63, 3.8) is 0 Å². The fourth-order valence-corrected chi connectivity index (χ4v) is 5.49. The van der Waals surface area contributed by atoms with Gasteiger partial charge in [-0.05, 0) is 61.0 Å². The van der Waals surface area contributed by atoms with E-state index in [4.69, 9.17) is 32.9 Å². The van der Waals surface area contributed by atoms with Gasteiger partial charge in [-0.3, -0.25) is 0 Å². The Hall–Kier alpha value is -4.73. The fraction of sp³-hybridized carbons (Fsp3) is 0.182. The van der Waals surface area contributed by atoms with E-state index < -0.39 is 12.0 Å². The van der Waals surface area contributed by atoms with Gasteiger partial charge in [0.2, 0.25) is 0 Å². The maximum absolute atomic E-state index is 12.9. The van der Waals surface area contributed by atoms with Crippen LogP contribution in [0.15, 0.2) is 78.9 Å². The number of para-hydroxylation sites is 2. The zero-order valence-electron chi connectivity index (χ0n) is 24.2. The molecule has 0 saturated carbocycles. The summed E-state index contributed by atoms with van der Waals surface area (Å²) in [5, 5.41) is 20.5. The molecule has 0 fully saturated rings. The van der Waals surface area contributed by atoms with Crippen LogP contribution < -0.4 is 25.6 Å². The minimum atomic E-state index is -1.06. The van der Waals surface area contributed by atoms with E-state index in [1.165, 1.54) is 0 Å². The summed E-state index contributed by atoms with van der Waals surface area (Å²) in [6.07, 6.45) is 0. The van der Waals surface area contributed by atoms with Crippen molar-refractivity contribution in [2.45, 2.75) is 6.92 Å². The molecule has 0 spiro atoms. The number of carboxylic acid groups (broad SMARTS) is 1. The highest BCUT2D eigenvalue weighted by Crippen LogP contribution is 2.38. The van der Waals surface area contributed by atoms with Crippen molar-refractivity contribution in [1.29, 1.82) is 0 Å². The molecule has 0 bridgehead atoms. The van der Waals surface area contributed by atoms with Gasteiger partial charge in [-0.25, -0.2) is 14.6 Å². The van der Waals surface area contributed by atoms with Gasteiger partial charge >= 0.3 is 12.0 Å². The first-order valence-electron chi connectivity index (χ1n) is 13.9. The lowest BCUT2D eigenvalue weighted by atomic mass is 10.0. The summed E-state index contributed by atoms with van der Waals surface area (Å²) in [5.74, 6) is 0.433. The lowest BCUT2D eigenvalue weighted by Gasteiger charge is -2.23. The van der Waals surface area contributed by atoms with Crippen molar-refractivity contribution in [3.05, 3.63) is 90.0 Å². The van der Waals surface area contributed by atoms with E-state index in [2.05, 4.69) is 20.9 Å². The molecule has 226 valence electrons. The third-order valence-electron chi connectivity index (χ3n) is 7.18. The molecule has 0 aliphatic heterocycles. The molecule has 2 amide bonds. The maximum atomic E-state index is 12.9. The Kier molecular flexibility index (Phi) is 9.57. The molecule has 44 heavy (non-hydrogen) atoms. The SMILES string of the molecule is COc1ccc(NC(=O)Nc2ccc(N(CCCl)CCCl)cc2)cc1Nc1c2cccc(C)c2nc2c(C(=O)O)cccc12. The van der Waals surface area contributed by atoms with Crippen LogP contribution in [0.3, 0.4) is 0 Å². The number of aromatic nitrogens is 1. The number of amides is 2. The van der Waals surface area contributed by atoms with E-state index in [1.807, 2.05) is 55.5 Å². The number of pyridine rings is 1. The molecule has 5 aromatic rings. The Morgan fingerprint density at radius 1 is 0.864 bits per heavy atom. The summed E-state index contributed by atoms with van der Waals surface area (Å²) in [6, 6.07) is 23.1. The number of hydrogen-bond acceptors (Lipinski definition) is 6. The summed E-state index contributed by atoms with van der Waals surface area (Å²) >= 11 is 11.8. The quantitative estimate of drug-likeness (QED) is 0.0860. The van der Waals surface area contributed by atoms with Gasteiger partial charge in [-0.2, -0.15) is 0 Å². The number of carbonyl (C=O) groups is 2. The Morgan fingerprint density at radius 2 is 1.50 bits per heavy atom. The minimum absolute atomic E-state index is 0.105. The van der Waals surface area contributed by atoms with E-state index in [0.29, 0.717) is 69.8 Å². The number of carboxylic acids is 1. The second kappa shape index (κ2) is 13.7. The van der Waals surface area contributed by atoms with Crippen LogP contribution >= 0.6 is 23.2 Å². The second-order valence-corrected chi connectivity index (χ2v) is 10.8. The number of aromatic carboxylic acids is 1. The van der Waals surface area contributed by atoms with Crippen LogP contribution in [0.2, 0.25) is 0 Å². The number of aryl methyl sites for hydroxylation is 1. The third-order valence-corrected chi connectivity index (χ3v) is 7.52. The summed E-state index contributed by atoms with van der Waals surface area (Å²) in [5.41, 5.74) is 5.42. The topological polar surface area (TPSA) is 116 Å². The molecule has 0 atom stereocenters. The van der Waals surface area contributed by atoms with Crippen molar-refractivity contribution in [3.8, 4) is 5.75 Å². The predicted molar refractivity (Wildman–Crippen MR) is 180 cm³/mol. The smallest absolute Gasteiger partial charge is 0.337 e. The number of halogens is 2. The van der Waals surface area contributed by atoms with E-state index in [1.54, 1.807) is 37.4 Å². The molecule has 4 aromatic carbocycles. The van der Waals surface area contributed by atoms with Crippen LogP contribution in [-0.4, -0.2) is 54.1 Å². The number of benzene rings is 4. The molecule has 11 heteroatoms. The molecule has 1 heterocycles. The van der Waals surface area contributed by atoms with Crippen LogP contribution in [0, 0.1) is 6.92 Å². The van der Waals surface area contributed by atoms with Crippen molar-refractivity contribution in [1.82, 2.24) is 4.98 Å². The number of rotatable bonds is 11. The van der Waals surface area contributed by atoms with Gasteiger partial charge < -0.3 is 30.7 Å². The number of hydrogen-bond donors (Lipinski definition) is 4. The standard InChI is InChI=1S/C33H31Cl2N5O4/c1-20-5-3-6-24-29(20)39-31-25(7-4-8-26(31)32(41)42)30(24)38-27-19-22(11-14-28(27)44-2)37-33(43)36-21-9-12-23(13-10-21)40(17-15-34)18-16-35/h3-14,19H,15-18H2,1-2H3,(H,38,39)(H,41,42)(H2,36,37,43). The van der Waals surface area contributed by atoms with Crippen LogP contribution in [0.25, 0.3) is 21.8 Å². The number of fused-ring (bicyclic) bond motifs is 2. The summed E-state index contributed by atoms with van der Waals surface area (Å²) in [7, 11) is 1.56. The first-order chi connectivity index (χ1) is 21.3. The van der Waals surface area contributed by atoms with Gasteiger partial charge in [0, 0.05) is 52.7 Å². The van der Waals surface area contributed by atoms with E-state index in [9.17, 15) is 14.7 Å². The highest BCUT2D eigenvalue weighted by molar-refractivity contribution is 6.18. The van der Waals surface area contributed by atoms with Crippen LogP contribution in [0.5, 0.6) is 5.75 Å². The average molecular weight is 633 g/mol. The monoisotopic (exact) mass is 631 g/mol. The van der Waals surface area contributed by atoms with Gasteiger partial charge in [0.05, 0.1) is 35.1 Å². The number of nitrogens with zero attached hydrogens (tertiary/aromatic N) is 2. The zero-order chi connectivity index (χ0) is 31.2. The normalized spacial score (nSPS) is 10.9. The maximum Gasteiger partial charge on any atom is 0.337 e. The summed E-state index contributed by atoms with van der Waals surface area (Å²) < 4.78 is 5.63. The molecule has 5 rings (SSSR count). The molecule has 0 saturated heterocycles. The van der Waals surface area contributed by atoms with Crippen molar-refractivity contribution in [2.24, 2.45) is 0 Å². The number of alkyl halides is 2. The number of anilines is 5. The van der Waals surface area contributed by atoms with Crippen molar-refractivity contribution < 1.29 is 19.4 Å². The van der Waals surface area contributed by atoms with Gasteiger partial charge in [-0.15, -0.1) is 23.2 Å². The molecular formula is C33H31Cl2N5O4. The van der Waals surface area contributed by atoms with Crippen molar-refractivity contribution in [2.75, 3.05) is 52.8 Å². The molecule has 0 aliphatic rings. The van der Waals surface area contributed by atoms with Crippen LogP contribution in [0.4, 0.5) is 33.2 Å². The average Bonchev–Trinajstić information content (AvgIpc) is 3.01. The predicted octanol–water partition coefficient (Wildman–Crippen LogP) is 8.07. The van der Waals surface area contributed by atoms with Gasteiger partial charge in [0.25, 0.3) is 0 Å². The number of methoxy groups -OCH3 is 1. The molecule has 0 unspecified atom stereocenters. The van der Waals surface area contributed by atoms with E-state index in [0.717, 1.165) is 16.6 Å². The number of urea groups is 1. The van der Waals surface area contributed by atoms with Crippen LogP contribution in [0.1, 0.15) is 15.9 Å². The highest BCUT2D eigenvalue weighted by Gasteiger charge is 2.18. The lowest BCUT2D eigenvalue weighted by Crippen LogP contribution is -2.27. The molecule has 1 aromatic heterocycles. The highest BCUT2D eigenvalue weighted by atomic mass is 35.5. The second-order valence-electron chi connectivity index (χ2n) is 10.00. The Morgan fingerprint density at radius 3 is 2.16 bits per heavy atom. The molecule has 9 nitrogen and oxygen atoms in total. The first kappa shape index (κ1) is 30.7. The minimum Gasteiger partial charge on any atom is -0.495 e. The summed E-state index contributed by atoms with van der Waals surface area (Å²) in [4.78, 5) is 31.8. The number of nitrogens with one attached hydrogen (secondary N) is 3. The van der Waals surface area contributed by atoms with Gasteiger partial charge in [-0.1, -0.05) is 30.3 Å². The number of carbonyl (C=O) groups excluding carboxylic acids is 1. The Bertz CT molecular complexity index is 1830. The zero-order valence-corrected chi connectivity index (χ0v) is 25.7. The third kappa shape index (κ3) is 6.59. The van der Waals surface area contributed by atoms with Gasteiger partial charge in [0.15, 0.2) is 0 Å². The van der Waals surface area contributed by atoms with Crippen molar-refractivity contribution >= 4 is 85.4 Å². The lowest BCUT2D eigenvalue weighted by molar-refractivity contribution is 0.0699. The first-order valence-corrected chi connectivity index (χ1v) is 14.9. The molecular weight excluding hydrogens is 601 g/mol.